The Balaban J connectivity index is 1.62. The highest BCUT2D eigenvalue weighted by atomic mass is 35.5. The molecule has 4 aromatic rings. The fourth-order valence-corrected chi connectivity index (χ4v) is 3.87. The summed E-state index contributed by atoms with van der Waals surface area (Å²) in [5.74, 6) is -0.676. The van der Waals surface area contributed by atoms with Crippen LogP contribution in [0.25, 0.3) is 10.9 Å². The number of para-hydroxylation sites is 1. The molecule has 0 aliphatic rings. The topological polar surface area (TPSA) is 107 Å². The number of amides is 1. The van der Waals surface area contributed by atoms with Gasteiger partial charge < -0.3 is 0 Å². The summed E-state index contributed by atoms with van der Waals surface area (Å²) >= 11 is 7.05. The summed E-state index contributed by atoms with van der Waals surface area (Å²) in [7, 11) is 0. The van der Waals surface area contributed by atoms with E-state index in [9.17, 15) is 19.7 Å². The first-order chi connectivity index (χ1) is 14.9. The van der Waals surface area contributed by atoms with Crippen LogP contribution in [0.4, 0.5) is 5.69 Å². The third-order valence-electron chi connectivity index (χ3n) is 4.35. The van der Waals surface area contributed by atoms with E-state index < -0.39 is 16.4 Å². The van der Waals surface area contributed by atoms with Crippen molar-refractivity contribution in [2.45, 2.75) is 9.79 Å². The van der Waals surface area contributed by atoms with Gasteiger partial charge in [0, 0.05) is 21.5 Å². The number of benzene rings is 3. The highest BCUT2D eigenvalue weighted by molar-refractivity contribution is 7.99. The highest BCUT2D eigenvalue weighted by Gasteiger charge is 2.19. The summed E-state index contributed by atoms with van der Waals surface area (Å²) in [5.41, 5.74) is 2.27. The standard InChI is InChI=1S/C21H13ClN4O4S/c22-14-6-8-15(9-7-14)31-19-10-5-13(11-18(19)26(29)30)20(27)24-25-12-23-17-4-2-1-3-16(17)21(25)28/h1-12H,(H,24,27). The van der Waals surface area contributed by atoms with Crippen molar-refractivity contribution in [1.29, 1.82) is 0 Å². The number of carbonyl (C=O) groups excluding carboxylic acids is 1. The van der Waals surface area contributed by atoms with Gasteiger partial charge in [-0.15, -0.1) is 0 Å². The molecule has 8 nitrogen and oxygen atoms in total. The van der Waals surface area contributed by atoms with E-state index in [0.29, 0.717) is 20.8 Å². The fraction of sp³-hybridized carbons (Fsp3) is 0. The fourth-order valence-electron chi connectivity index (χ4n) is 2.84. The van der Waals surface area contributed by atoms with E-state index in [-0.39, 0.29) is 11.3 Å². The summed E-state index contributed by atoms with van der Waals surface area (Å²) in [6.45, 7) is 0. The maximum atomic E-state index is 12.6. The Kier molecular flexibility index (Phi) is 5.70. The van der Waals surface area contributed by atoms with Gasteiger partial charge in [-0.1, -0.05) is 35.5 Å². The number of fused-ring (bicyclic) bond motifs is 1. The lowest BCUT2D eigenvalue weighted by Gasteiger charge is -2.09. The van der Waals surface area contributed by atoms with E-state index in [0.717, 1.165) is 9.57 Å². The summed E-state index contributed by atoms with van der Waals surface area (Å²) in [4.78, 5) is 41.5. The van der Waals surface area contributed by atoms with Crippen molar-refractivity contribution >= 4 is 45.9 Å². The molecule has 0 saturated carbocycles. The molecule has 0 aliphatic heterocycles. The maximum absolute atomic E-state index is 12.6. The molecule has 0 unspecified atom stereocenters. The number of nitro benzene ring substituents is 1. The minimum Gasteiger partial charge on any atom is -0.267 e. The van der Waals surface area contributed by atoms with Gasteiger partial charge in [-0.25, -0.2) is 9.66 Å². The van der Waals surface area contributed by atoms with Crippen molar-refractivity contribution in [2.24, 2.45) is 0 Å². The number of hydrogen-bond acceptors (Lipinski definition) is 6. The molecule has 3 aromatic carbocycles. The molecule has 31 heavy (non-hydrogen) atoms. The van der Waals surface area contributed by atoms with Crippen LogP contribution in [0.2, 0.25) is 5.02 Å². The van der Waals surface area contributed by atoms with E-state index in [1.54, 1.807) is 48.5 Å². The molecular formula is C21H13ClN4O4S. The monoisotopic (exact) mass is 452 g/mol. The second kappa shape index (κ2) is 8.58. The summed E-state index contributed by atoms with van der Waals surface area (Å²) in [5, 5.41) is 12.5. The zero-order chi connectivity index (χ0) is 22.0. The first-order valence-corrected chi connectivity index (χ1v) is 10.1. The second-order valence-electron chi connectivity index (χ2n) is 6.37. The molecule has 1 aromatic heterocycles. The number of nitrogens with one attached hydrogen (secondary N) is 1. The number of nitro groups is 1. The van der Waals surface area contributed by atoms with Crippen molar-refractivity contribution in [1.82, 2.24) is 9.66 Å². The van der Waals surface area contributed by atoms with Gasteiger partial charge in [0.25, 0.3) is 17.2 Å². The van der Waals surface area contributed by atoms with Crippen LogP contribution in [0.5, 0.6) is 0 Å². The zero-order valence-corrected chi connectivity index (χ0v) is 17.3. The van der Waals surface area contributed by atoms with Gasteiger partial charge in [0.1, 0.15) is 6.33 Å². The van der Waals surface area contributed by atoms with Gasteiger partial charge >= 0.3 is 0 Å². The normalized spacial score (nSPS) is 10.7. The van der Waals surface area contributed by atoms with Crippen molar-refractivity contribution in [3.8, 4) is 0 Å². The Morgan fingerprint density at radius 3 is 2.58 bits per heavy atom. The first-order valence-electron chi connectivity index (χ1n) is 8.92. The number of hydrogen-bond donors (Lipinski definition) is 1. The van der Waals surface area contributed by atoms with Crippen LogP contribution in [0.15, 0.2) is 87.6 Å². The third kappa shape index (κ3) is 4.42. The quantitative estimate of drug-likeness (QED) is 0.353. The van der Waals surface area contributed by atoms with Crippen LogP contribution in [0.1, 0.15) is 10.4 Å². The van der Waals surface area contributed by atoms with Crippen molar-refractivity contribution in [2.75, 3.05) is 5.43 Å². The predicted molar refractivity (Wildman–Crippen MR) is 118 cm³/mol. The molecule has 1 heterocycles. The van der Waals surface area contributed by atoms with Gasteiger partial charge in [-0.05, 0) is 48.5 Å². The van der Waals surface area contributed by atoms with Gasteiger partial charge in [-0.2, -0.15) is 0 Å². The van der Waals surface area contributed by atoms with E-state index in [1.165, 1.54) is 36.3 Å². The average Bonchev–Trinajstić information content (AvgIpc) is 2.77. The lowest BCUT2D eigenvalue weighted by molar-refractivity contribution is -0.387. The van der Waals surface area contributed by atoms with E-state index >= 15 is 0 Å². The largest absolute Gasteiger partial charge is 0.284 e. The van der Waals surface area contributed by atoms with Crippen LogP contribution in [0.3, 0.4) is 0 Å². The minimum atomic E-state index is -0.676. The van der Waals surface area contributed by atoms with E-state index in [2.05, 4.69) is 10.4 Å². The Labute approximate surface area is 184 Å². The van der Waals surface area contributed by atoms with Crippen LogP contribution >= 0.6 is 23.4 Å². The molecule has 0 aliphatic carbocycles. The van der Waals surface area contributed by atoms with E-state index in [4.69, 9.17) is 11.6 Å². The molecule has 154 valence electrons. The summed E-state index contributed by atoms with van der Waals surface area (Å²) in [6.07, 6.45) is 1.20. The van der Waals surface area contributed by atoms with Gasteiger partial charge in [-0.3, -0.25) is 25.1 Å². The molecule has 1 amide bonds. The molecule has 0 fully saturated rings. The number of rotatable bonds is 5. The molecule has 0 bridgehead atoms. The lowest BCUT2D eigenvalue weighted by atomic mass is 10.2. The van der Waals surface area contributed by atoms with E-state index in [1.807, 2.05) is 0 Å². The first kappa shape index (κ1) is 20.6. The highest BCUT2D eigenvalue weighted by Crippen LogP contribution is 2.35. The van der Waals surface area contributed by atoms with Crippen molar-refractivity contribution in [3.05, 3.63) is 104 Å². The smallest absolute Gasteiger partial charge is 0.267 e. The number of halogens is 1. The Morgan fingerprint density at radius 1 is 1.10 bits per heavy atom. The second-order valence-corrected chi connectivity index (χ2v) is 7.93. The molecule has 0 radical (unpaired) electrons. The van der Waals surface area contributed by atoms with Crippen molar-refractivity contribution < 1.29 is 9.72 Å². The Morgan fingerprint density at radius 2 is 1.84 bits per heavy atom. The maximum Gasteiger partial charge on any atom is 0.284 e. The van der Waals surface area contributed by atoms with Gasteiger partial charge in [0.15, 0.2) is 0 Å². The molecule has 0 atom stereocenters. The zero-order valence-electron chi connectivity index (χ0n) is 15.7. The van der Waals surface area contributed by atoms with Crippen LogP contribution in [-0.4, -0.2) is 20.5 Å². The average molecular weight is 453 g/mol. The molecule has 4 rings (SSSR count). The summed E-state index contributed by atoms with van der Waals surface area (Å²) < 4.78 is 0.951. The molecular weight excluding hydrogens is 440 g/mol. The molecule has 10 heteroatoms. The number of aromatic nitrogens is 2. The van der Waals surface area contributed by atoms with Gasteiger partial charge in [0.2, 0.25) is 0 Å². The SMILES string of the molecule is O=C(Nn1cnc2ccccc2c1=O)c1ccc(Sc2ccc(Cl)cc2)c([N+](=O)[O-])c1. The van der Waals surface area contributed by atoms with Crippen LogP contribution < -0.4 is 11.0 Å². The predicted octanol–water partition coefficient (Wildman–Crippen LogP) is 4.49. The molecule has 0 saturated heterocycles. The Bertz CT molecular complexity index is 1370. The molecule has 1 N–H and O–H groups in total. The van der Waals surface area contributed by atoms with Crippen LogP contribution in [0, 0.1) is 10.1 Å². The van der Waals surface area contributed by atoms with Crippen LogP contribution in [-0.2, 0) is 0 Å². The van der Waals surface area contributed by atoms with Gasteiger partial charge in [0.05, 0.1) is 20.7 Å². The lowest BCUT2D eigenvalue weighted by Crippen LogP contribution is -2.33. The summed E-state index contributed by atoms with van der Waals surface area (Å²) in [6, 6.07) is 17.7. The number of carbonyl (C=O) groups is 1. The number of nitrogens with zero attached hydrogens (tertiary/aromatic N) is 3. The third-order valence-corrected chi connectivity index (χ3v) is 5.67. The molecule has 0 spiro atoms. The Hall–Kier alpha value is -3.69. The minimum absolute atomic E-state index is 0.0345. The van der Waals surface area contributed by atoms with Crippen molar-refractivity contribution in [3.63, 3.8) is 0 Å².